The Morgan fingerprint density at radius 3 is 2.68 bits per heavy atom. The molecule has 0 bridgehead atoms. The number of nitrogens with one attached hydrogen (secondary N) is 1. The molecule has 4 aromatic rings. The molecule has 0 spiro atoms. The SMILES string of the molecule is O=C(NCc1nc2ccccc2n1CCCOc1ccccc1)c1ccco1. The molecule has 1 N–H and O–H groups in total. The predicted octanol–water partition coefficient (Wildman–Crippen LogP) is 4.03. The Hall–Kier alpha value is -3.54. The minimum absolute atomic E-state index is 0.254. The lowest BCUT2D eigenvalue weighted by atomic mass is 10.3. The van der Waals surface area contributed by atoms with Crippen LogP contribution in [0, 0.1) is 0 Å². The van der Waals surface area contributed by atoms with Crippen LogP contribution in [0.1, 0.15) is 22.8 Å². The smallest absolute Gasteiger partial charge is 0.287 e. The van der Waals surface area contributed by atoms with Crippen molar-refractivity contribution in [1.29, 1.82) is 0 Å². The van der Waals surface area contributed by atoms with Gasteiger partial charge in [0.05, 0.1) is 30.4 Å². The maximum atomic E-state index is 12.2. The number of ether oxygens (including phenoxy) is 1. The van der Waals surface area contributed by atoms with E-state index < -0.39 is 0 Å². The molecular weight excluding hydrogens is 354 g/mol. The van der Waals surface area contributed by atoms with Crippen LogP contribution in [0.25, 0.3) is 11.0 Å². The van der Waals surface area contributed by atoms with Crippen molar-refractivity contribution in [3.63, 3.8) is 0 Å². The van der Waals surface area contributed by atoms with Gasteiger partial charge < -0.3 is 19.0 Å². The van der Waals surface area contributed by atoms with Gasteiger partial charge in [0.15, 0.2) is 5.76 Å². The molecule has 0 aliphatic heterocycles. The summed E-state index contributed by atoms with van der Waals surface area (Å²) in [4.78, 5) is 16.8. The zero-order valence-electron chi connectivity index (χ0n) is 15.4. The zero-order chi connectivity index (χ0) is 19.2. The number of aryl methyl sites for hydroxylation is 1. The molecule has 0 atom stereocenters. The van der Waals surface area contributed by atoms with E-state index in [9.17, 15) is 4.79 Å². The number of fused-ring (bicyclic) bond motifs is 1. The Labute approximate surface area is 162 Å². The number of amides is 1. The van der Waals surface area contributed by atoms with Crippen molar-refractivity contribution in [1.82, 2.24) is 14.9 Å². The van der Waals surface area contributed by atoms with Crippen LogP contribution in [0.3, 0.4) is 0 Å². The number of aromatic nitrogens is 2. The lowest BCUT2D eigenvalue weighted by Crippen LogP contribution is -2.24. The average molecular weight is 375 g/mol. The second-order valence-corrected chi connectivity index (χ2v) is 6.34. The average Bonchev–Trinajstić information content (AvgIpc) is 3.38. The van der Waals surface area contributed by atoms with Crippen LogP contribution in [-0.2, 0) is 13.1 Å². The minimum Gasteiger partial charge on any atom is -0.494 e. The molecule has 0 unspecified atom stereocenters. The summed E-state index contributed by atoms with van der Waals surface area (Å²) < 4.78 is 13.1. The van der Waals surface area contributed by atoms with Gasteiger partial charge >= 0.3 is 0 Å². The summed E-state index contributed by atoms with van der Waals surface area (Å²) in [5, 5.41) is 2.87. The maximum Gasteiger partial charge on any atom is 0.287 e. The molecule has 0 saturated carbocycles. The lowest BCUT2D eigenvalue weighted by molar-refractivity contribution is 0.0921. The first-order valence-corrected chi connectivity index (χ1v) is 9.25. The minimum atomic E-state index is -0.254. The van der Waals surface area contributed by atoms with E-state index >= 15 is 0 Å². The maximum absolute atomic E-state index is 12.2. The van der Waals surface area contributed by atoms with E-state index in [0.29, 0.717) is 18.9 Å². The summed E-state index contributed by atoms with van der Waals surface area (Å²) in [5.74, 6) is 1.71. The predicted molar refractivity (Wildman–Crippen MR) is 106 cm³/mol. The number of hydrogen-bond donors (Lipinski definition) is 1. The number of nitrogens with zero attached hydrogens (tertiary/aromatic N) is 2. The van der Waals surface area contributed by atoms with Gasteiger partial charge in [0.1, 0.15) is 11.6 Å². The van der Waals surface area contributed by atoms with Crippen LogP contribution in [0.4, 0.5) is 0 Å². The van der Waals surface area contributed by atoms with Crippen molar-refractivity contribution in [3.8, 4) is 5.75 Å². The number of para-hydroxylation sites is 3. The first-order valence-electron chi connectivity index (χ1n) is 9.25. The van der Waals surface area contributed by atoms with E-state index in [1.54, 1.807) is 12.1 Å². The highest BCUT2D eigenvalue weighted by Crippen LogP contribution is 2.17. The van der Waals surface area contributed by atoms with Crippen molar-refractivity contribution in [2.75, 3.05) is 6.61 Å². The van der Waals surface area contributed by atoms with Gasteiger partial charge in [-0.25, -0.2) is 4.98 Å². The Morgan fingerprint density at radius 1 is 1.04 bits per heavy atom. The molecular formula is C22H21N3O3. The standard InChI is InChI=1S/C22H21N3O3/c26-22(20-12-6-14-28-20)23-16-21-24-18-10-4-5-11-19(18)25(21)13-7-15-27-17-8-2-1-3-9-17/h1-6,8-12,14H,7,13,15-16H2,(H,23,26). The topological polar surface area (TPSA) is 69.3 Å². The molecule has 142 valence electrons. The van der Waals surface area contributed by atoms with E-state index in [-0.39, 0.29) is 5.91 Å². The Bertz CT molecular complexity index is 1040. The number of carbonyl (C=O) groups excluding carboxylic acids is 1. The van der Waals surface area contributed by atoms with Gasteiger partial charge in [0, 0.05) is 6.54 Å². The van der Waals surface area contributed by atoms with Gasteiger partial charge in [-0.2, -0.15) is 0 Å². The van der Waals surface area contributed by atoms with Gasteiger partial charge in [-0.1, -0.05) is 30.3 Å². The third kappa shape index (κ3) is 4.06. The van der Waals surface area contributed by atoms with Gasteiger partial charge in [0.2, 0.25) is 0 Å². The normalized spacial score (nSPS) is 10.9. The Morgan fingerprint density at radius 2 is 1.86 bits per heavy atom. The number of imidazole rings is 1. The molecule has 6 heteroatoms. The molecule has 0 aliphatic carbocycles. The van der Waals surface area contributed by atoms with Gasteiger partial charge in [-0.3, -0.25) is 4.79 Å². The molecule has 0 fully saturated rings. The summed E-state index contributed by atoms with van der Waals surface area (Å²) in [6, 6.07) is 21.1. The van der Waals surface area contributed by atoms with Crippen molar-refractivity contribution in [2.24, 2.45) is 0 Å². The molecule has 28 heavy (non-hydrogen) atoms. The number of rotatable bonds is 8. The van der Waals surface area contributed by atoms with E-state index in [0.717, 1.165) is 35.6 Å². The highest BCUT2D eigenvalue weighted by Gasteiger charge is 2.13. The molecule has 1 amide bonds. The summed E-state index contributed by atoms with van der Waals surface area (Å²) in [6.45, 7) is 1.68. The second-order valence-electron chi connectivity index (χ2n) is 6.34. The quantitative estimate of drug-likeness (QED) is 0.472. The third-order valence-corrected chi connectivity index (χ3v) is 4.42. The molecule has 4 rings (SSSR count). The highest BCUT2D eigenvalue weighted by atomic mass is 16.5. The van der Waals surface area contributed by atoms with Crippen LogP contribution in [0.5, 0.6) is 5.75 Å². The van der Waals surface area contributed by atoms with Gasteiger partial charge in [0.25, 0.3) is 5.91 Å². The fourth-order valence-corrected chi connectivity index (χ4v) is 3.09. The van der Waals surface area contributed by atoms with Crippen molar-refractivity contribution in [3.05, 3.63) is 84.6 Å². The first-order chi connectivity index (χ1) is 13.8. The number of furan rings is 1. The first kappa shape index (κ1) is 17.9. The van der Waals surface area contributed by atoms with Crippen LogP contribution >= 0.6 is 0 Å². The van der Waals surface area contributed by atoms with E-state index in [2.05, 4.69) is 14.9 Å². The molecule has 0 saturated heterocycles. The summed E-state index contributed by atoms with van der Waals surface area (Å²) >= 11 is 0. The molecule has 0 aliphatic rings. The Kier molecular flexibility index (Phi) is 5.38. The van der Waals surface area contributed by atoms with E-state index in [1.807, 2.05) is 54.6 Å². The van der Waals surface area contributed by atoms with Gasteiger partial charge in [-0.15, -0.1) is 0 Å². The van der Waals surface area contributed by atoms with Crippen molar-refractivity contribution in [2.45, 2.75) is 19.5 Å². The largest absolute Gasteiger partial charge is 0.494 e. The van der Waals surface area contributed by atoms with Crippen LogP contribution < -0.4 is 10.1 Å². The highest BCUT2D eigenvalue weighted by molar-refractivity contribution is 5.91. The summed E-state index contributed by atoms with van der Waals surface area (Å²) in [5.41, 5.74) is 1.96. The van der Waals surface area contributed by atoms with Crippen LogP contribution in [-0.4, -0.2) is 22.1 Å². The van der Waals surface area contributed by atoms with Crippen molar-refractivity contribution < 1.29 is 13.9 Å². The number of benzene rings is 2. The van der Waals surface area contributed by atoms with E-state index in [1.165, 1.54) is 6.26 Å². The lowest BCUT2D eigenvalue weighted by Gasteiger charge is -2.11. The second kappa shape index (κ2) is 8.43. The Balaban J connectivity index is 1.43. The molecule has 2 aromatic heterocycles. The third-order valence-electron chi connectivity index (χ3n) is 4.42. The van der Waals surface area contributed by atoms with Crippen molar-refractivity contribution >= 4 is 16.9 Å². The summed E-state index contributed by atoms with van der Waals surface area (Å²) in [6.07, 6.45) is 2.31. The molecule has 2 aromatic carbocycles. The fraction of sp³-hybridized carbons (Fsp3) is 0.182. The monoisotopic (exact) mass is 375 g/mol. The van der Waals surface area contributed by atoms with E-state index in [4.69, 9.17) is 9.15 Å². The summed E-state index contributed by atoms with van der Waals surface area (Å²) in [7, 11) is 0. The fourth-order valence-electron chi connectivity index (χ4n) is 3.09. The van der Waals surface area contributed by atoms with Crippen LogP contribution in [0.15, 0.2) is 77.4 Å². The molecule has 2 heterocycles. The van der Waals surface area contributed by atoms with Gasteiger partial charge in [-0.05, 0) is 42.8 Å². The molecule has 0 radical (unpaired) electrons. The molecule has 6 nitrogen and oxygen atoms in total. The zero-order valence-corrected chi connectivity index (χ0v) is 15.4. The van der Waals surface area contributed by atoms with Crippen LogP contribution in [0.2, 0.25) is 0 Å². The number of hydrogen-bond acceptors (Lipinski definition) is 4. The number of carbonyl (C=O) groups is 1.